The number of benzene rings is 3. The molecule has 0 amide bonds. The van der Waals surface area contributed by atoms with Crippen molar-refractivity contribution in [3.8, 4) is 34.5 Å². The summed E-state index contributed by atoms with van der Waals surface area (Å²) in [5, 5.41) is 4.28. The van der Waals surface area contributed by atoms with Crippen molar-refractivity contribution < 1.29 is 66.7 Å². The highest BCUT2D eigenvalue weighted by Crippen LogP contribution is 2.35. The van der Waals surface area contributed by atoms with Gasteiger partial charge in [0.25, 0.3) is 0 Å². The molecule has 0 aromatic heterocycles. The van der Waals surface area contributed by atoms with Crippen LogP contribution in [0, 0.1) is 23.7 Å². The van der Waals surface area contributed by atoms with Crippen LogP contribution < -0.4 is 33.8 Å². The van der Waals surface area contributed by atoms with E-state index in [1.807, 2.05) is 0 Å². The summed E-state index contributed by atoms with van der Waals surface area (Å²) in [6.45, 7) is 10.3. The third kappa shape index (κ3) is 19.0. The van der Waals surface area contributed by atoms with Gasteiger partial charge >= 0.3 is 35.8 Å². The second-order valence-corrected chi connectivity index (χ2v) is 17.6. The molecule has 1 N–H and O–H groups in total. The molecule has 16 nitrogen and oxygen atoms in total. The van der Waals surface area contributed by atoms with Gasteiger partial charge in [0.15, 0.2) is 0 Å². The number of carbonyl (C=O) groups excluding carboxylic acids is 6. The Hall–Kier alpha value is -6.97. The number of nitrogens with zero attached hydrogens (tertiary/aromatic N) is 1. The molecule has 0 atom stereocenters. The standard InChI is InChI=1S/C55H68N2O14/c1-5-50(58)66-35-13-9-7-11-33-64-43-23-27-45(28-24-43)68-52(60)39-15-17-41(18-16-39)54(62)70-47-31-32-49(48(37-47)38(3)57-56-4)71-55(63)42-21-19-40(20-22-42)53(61)69-46-29-25-44(26-30-46)65-34-12-8-10-14-36-67-51(59)6-2/h5-6,23-32,37,39-42,56H,1-2,7-22,33-36H2,3-4H3/b57-38+. The first-order valence-corrected chi connectivity index (χ1v) is 24.7. The molecule has 2 fully saturated rings. The van der Waals surface area contributed by atoms with E-state index in [9.17, 15) is 28.8 Å². The number of unbranched alkanes of at least 4 members (excludes halogenated alkanes) is 6. The van der Waals surface area contributed by atoms with Crippen molar-refractivity contribution >= 4 is 41.5 Å². The second-order valence-electron chi connectivity index (χ2n) is 17.6. The largest absolute Gasteiger partial charge is 0.494 e. The van der Waals surface area contributed by atoms with Gasteiger partial charge < -0.3 is 43.3 Å². The molecular weight excluding hydrogens is 913 g/mol. The van der Waals surface area contributed by atoms with E-state index >= 15 is 0 Å². The third-order valence-electron chi connectivity index (χ3n) is 12.4. The van der Waals surface area contributed by atoms with Gasteiger partial charge in [0.05, 0.1) is 55.8 Å². The van der Waals surface area contributed by atoms with E-state index in [-0.39, 0.29) is 35.3 Å². The van der Waals surface area contributed by atoms with Crippen LogP contribution in [0.2, 0.25) is 0 Å². The van der Waals surface area contributed by atoms with E-state index in [2.05, 4.69) is 23.7 Å². The van der Waals surface area contributed by atoms with Gasteiger partial charge in [-0.05, 0) is 176 Å². The minimum Gasteiger partial charge on any atom is -0.494 e. The summed E-state index contributed by atoms with van der Waals surface area (Å²) in [6.07, 6.45) is 13.0. The summed E-state index contributed by atoms with van der Waals surface area (Å²) in [7, 11) is 1.65. The van der Waals surface area contributed by atoms with Crippen LogP contribution in [0.3, 0.4) is 0 Å². The highest BCUT2D eigenvalue weighted by molar-refractivity contribution is 6.02. The Morgan fingerprint density at radius 2 is 0.831 bits per heavy atom. The molecule has 0 spiro atoms. The van der Waals surface area contributed by atoms with Crippen LogP contribution in [-0.4, -0.2) is 75.0 Å². The Bertz CT molecular complexity index is 2260. The summed E-state index contributed by atoms with van der Waals surface area (Å²) in [4.78, 5) is 75.2. The maximum absolute atomic E-state index is 13.5. The fourth-order valence-electron chi connectivity index (χ4n) is 8.26. The SMILES string of the molecule is C=CC(=O)OCCCCCCOc1ccc(OC(=O)C2CCC(C(=O)Oc3ccc(OC(=O)C4CCC(C(=O)Oc5ccc(OCCCCCCOC(=O)C=C)cc5)CC4)c(/C(C)=N/NC)c3)CC2)cc1. The summed E-state index contributed by atoms with van der Waals surface area (Å²) in [6, 6.07) is 18.6. The van der Waals surface area contributed by atoms with Gasteiger partial charge in [-0.1, -0.05) is 13.2 Å². The van der Waals surface area contributed by atoms with E-state index < -0.39 is 35.7 Å². The topological polar surface area (TPSA) is 201 Å². The average molecular weight is 981 g/mol. The predicted molar refractivity (Wildman–Crippen MR) is 264 cm³/mol. The minimum absolute atomic E-state index is 0.263. The molecule has 71 heavy (non-hydrogen) atoms. The van der Waals surface area contributed by atoms with Crippen molar-refractivity contribution in [2.75, 3.05) is 33.5 Å². The monoisotopic (exact) mass is 980 g/mol. The van der Waals surface area contributed by atoms with Crippen LogP contribution >= 0.6 is 0 Å². The van der Waals surface area contributed by atoms with Crippen LogP contribution in [0.25, 0.3) is 0 Å². The lowest BCUT2D eigenvalue weighted by Crippen LogP contribution is -2.31. The summed E-state index contributed by atoms with van der Waals surface area (Å²) < 4.78 is 44.7. The first kappa shape index (κ1) is 55.0. The van der Waals surface area contributed by atoms with Crippen molar-refractivity contribution in [2.24, 2.45) is 28.8 Å². The van der Waals surface area contributed by atoms with Crippen LogP contribution in [0.5, 0.6) is 34.5 Å². The second kappa shape index (κ2) is 29.9. The van der Waals surface area contributed by atoms with Crippen molar-refractivity contribution in [3.63, 3.8) is 0 Å². The average Bonchev–Trinajstić information content (AvgIpc) is 3.39. The van der Waals surface area contributed by atoms with Crippen molar-refractivity contribution in [1.29, 1.82) is 0 Å². The molecule has 0 unspecified atom stereocenters. The van der Waals surface area contributed by atoms with E-state index in [4.69, 9.17) is 37.9 Å². The summed E-state index contributed by atoms with van der Waals surface area (Å²) in [5.41, 5.74) is 3.72. The van der Waals surface area contributed by atoms with Gasteiger partial charge in [-0.25, -0.2) is 9.59 Å². The fraction of sp³-hybridized carbons (Fsp3) is 0.473. The lowest BCUT2D eigenvalue weighted by atomic mass is 9.82. The molecule has 16 heteroatoms. The van der Waals surface area contributed by atoms with E-state index in [0.717, 1.165) is 63.5 Å². The maximum atomic E-state index is 13.5. The molecule has 0 radical (unpaired) electrons. The zero-order valence-corrected chi connectivity index (χ0v) is 41.0. The number of hydrogen-bond donors (Lipinski definition) is 1. The van der Waals surface area contributed by atoms with Gasteiger partial charge in [-0.3, -0.25) is 19.2 Å². The van der Waals surface area contributed by atoms with Gasteiger partial charge in [0.2, 0.25) is 0 Å². The van der Waals surface area contributed by atoms with Crippen LogP contribution in [-0.2, 0) is 38.2 Å². The molecule has 2 aliphatic carbocycles. The minimum atomic E-state index is -0.424. The number of nitrogens with one attached hydrogen (secondary N) is 1. The first-order valence-electron chi connectivity index (χ1n) is 24.7. The Morgan fingerprint density at radius 3 is 1.21 bits per heavy atom. The number of carbonyl (C=O) groups is 6. The van der Waals surface area contributed by atoms with Crippen molar-refractivity contribution in [3.05, 3.63) is 97.6 Å². The van der Waals surface area contributed by atoms with Crippen molar-refractivity contribution in [2.45, 2.75) is 110 Å². The van der Waals surface area contributed by atoms with Gasteiger partial charge in [0.1, 0.15) is 34.5 Å². The molecule has 2 saturated carbocycles. The highest BCUT2D eigenvalue weighted by atomic mass is 16.6. The predicted octanol–water partition coefficient (Wildman–Crippen LogP) is 9.60. The molecule has 0 saturated heterocycles. The molecule has 3 aromatic carbocycles. The summed E-state index contributed by atoms with van der Waals surface area (Å²) in [5.74, 6) is -1.20. The van der Waals surface area contributed by atoms with Crippen LogP contribution in [0.1, 0.15) is 115 Å². The van der Waals surface area contributed by atoms with Crippen LogP contribution in [0.4, 0.5) is 0 Å². The van der Waals surface area contributed by atoms with E-state index in [1.54, 1.807) is 80.7 Å². The Balaban J connectivity index is 0.999. The van der Waals surface area contributed by atoms with Crippen LogP contribution in [0.15, 0.2) is 97.1 Å². The Labute approximate surface area is 416 Å². The number of hydrazone groups is 1. The van der Waals surface area contributed by atoms with E-state index in [0.29, 0.717) is 112 Å². The molecule has 3 aromatic rings. The normalized spacial score (nSPS) is 17.6. The van der Waals surface area contributed by atoms with E-state index in [1.165, 1.54) is 0 Å². The van der Waals surface area contributed by atoms with Gasteiger partial charge in [-0.2, -0.15) is 5.10 Å². The molecular formula is C55H68N2O14. The number of hydrogen-bond acceptors (Lipinski definition) is 16. The fourth-order valence-corrected chi connectivity index (χ4v) is 8.26. The molecule has 5 rings (SSSR count). The van der Waals surface area contributed by atoms with Crippen molar-refractivity contribution in [1.82, 2.24) is 5.43 Å². The van der Waals surface area contributed by atoms with Gasteiger partial charge in [0, 0.05) is 24.8 Å². The number of ether oxygens (including phenoxy) is 8. The van der Waals surface area contributed by atoms with Gasteiger partial charge in [-0.15, -0.1) is 0 Å². The lowest BCUT2D eigenvalue weighted by molar-refractivity contribution is -0.145. The lowest BCUT2D eigenvalue weighted by Gasteiger charge is -2.26. The maximum Gasteiger partial charge on any atom is 0.330 e. The quantitative estimate of drug-likeness (QED) is 0.0180. The third-order valence-corrected chi connectivity index (χ3v) is 12.4. The number of esters is 6. The molecule has 0 heterocycles. The zero-order valence-electron chi connectivity index (χ0n) is 41.0. The highest BCUT2D eigenvalue weighted by Gasteiger charge is 2.34. The molecule has 2 aliphatic rings. The summed E-state index contributed by atoms with van der Waals surface area (Å²) >= 11 is 0. The Morgan fingerprint density at radius 1 is 0.493 bits per heavy atom. The number of rotatable bonds is 28. The molecule has 0 bridgehead atoms. The Kier molecular flexibility index (Phi) is 23.2. The zero-order chi connectivity index (χ0) is 50.8. The smallest absolute Gasteiger partial charge is 0.330 e. The first-order chi connectivity index (χ1) is 34.5. The molecule has 382 valence electrons. The molecule has 0 aliphatic heterocycles.